The topological polar surface area (TPSA) is 34.1 Å². The molecule has 2 nitrogen and oxygen atoms in total. The van der Waals surface area contributed by atoms with Gasteiger partial charge in [-0.2, -0.15) is 13.2 Å². The zero-order valence-corrected chi connectivity index (χ0v) is 12.8. The standard InChI is InChI=1S/C16H11F5O2S/c17-13-4-1-11(2-5-13)10-24(22,23)8-7-12-3-6-14(18)9-15(12)16(19,20)21/h1-9H,10H2. The maximum absolute atomic E-state index is 13.0. The Kier molecular flexibility index (Phi) is 5.08. The molecule has 128 valence electrons. The van der Waals surface area contributed by atoms with Crippen LogP contribution < -0.4 is 0 Å². The monoisotopic (exact) mass is 362 g/mol. The molecule has 0 amide bonds. The van der Waals surface area contributed by atoms with Gasteiger partial charge in [0.25, 0.3) is 0 Å². The number of rotatable bonds is 4. The molecule has 0 bridgehead atoms. The van der Waals surface area contributed by atoms with E-state index in [-0.39, 0.29) is 5.56 Å². The van der Waals surface area contributed by atoms with Crippen LogP contribution in [0.4, 0.5) is 22.0 Å². The van der Waals surface area contributed by atoms with Crippen LogP contribution in [-0.4, -0.2) is 8.42 Å². The molecular formula is C16H11F5O2S. The first-order valence-electron chi connectivity index (χ1n) is 6.59. The van der Waals surface area contributed by atoms with E-state index in [1.165, 1.54) is 12.1 Å². The third-order valence-electron chi connectivity index (χ3n) is 3.06. The fourth-order valence-corrected chi connectivity index (χ4v) is 3.06. The van der Waals surface area contributed by atoms with Crippen molar-refractivity contribution in [1.82, 2.24) is 0 Å². The molecule has 0 fully saturated rings. The van der Waals surface area contributed by atoms with E-state index >= 15 is 0 Å². The largest absolute Gasteiger partial charge is 0.417 e. The van der Waals surface area contributed by atoms with Gasteiger partial charge in [-0.3, -0.25) is 0 Å². The van der Waals surface area contributed by atoms with E-state index in [0.29, 0.717) is 11.5 Å². The predicted molar refractivity (Wildman–Crippen MR) is 79.5 cm³/mol. The molecule has 0 radical (unpaired) electrons. The predicted octanol–water partition coefficient (Wildman–Crippen LogP) is 4.57. The van der Waals surface area contributed by atoms with Gasteiger partial charge in [-0.15, -0.1) is 0 Å². The van der Waals surface area contributed by atoms with Crippen LogP contribution in [0.2, 0.25) is 0 Å². The fraction of sp³-hybridized carbons (Fsp3) is 0.125. The van der Waals surface area contributed by atoms with Crippen molar-refractivity contribution in [3.63, 3.8) is 0 Å². The smallest absolute Gasteiger partial charge is 0.224 e. The van der Waals surface area contributed by atoms with Crippen LogP contribution in [0.1, 0.15) is 16.7 Å². The summed E-state index contributed by atoms with van der Waals surface area (Å²) >= 11 is 0. The molecule has 0 unspecified atom stereocenters. The van der Waals surface area contributed by atoms with Crippen LogP contribution in [0.3, 0.4) is 0 Å². The third-order valence-corrected chi connectivity index (χ3v) is 4.34. The van der Waals surface area contributed by atoms with Gasteiger partial charge in [-0.1, -0.05) is 18.2 Å². The van der Waals surface area contributed by atoms with Gasteiger partial charge in [0, 0.05) is 5.41 Å². The Morgan fingerprint density at radius 3 is 2.08 bits per heavy atom. The van der Waals surface area contributed by atoms with Gasteiger partial charge in [0.05, 0.1) is 11.3 Å². The molecule has 2 aromatic carbocycles. The van der Waals surface area contributed by atoms with Crippen molar-refractivity contribution >= 4 is 15.9 Å². The second-order valence-corrected chi connectivity index (χ2v) is 6.85. The highest BCUT2D eigenvalue weighted by molar-refractivity contribution is 7.93. The zero-order chi connectivity index (χ0) is 18.0. The SMILES string of the molecule is O=S(=O)(C=Cc1ccc(F)cc1C(F)(F)F)Cc1ccc(F)cc1. The minimum atomic E-state index is -4.82. The van der Waals surface area contributed by atoms with E-state index in [0.717, 1.165) is 30.3 Å². The van der Waals surface area contributed by atoms with Crippen molar-refractivity contribution in [3.8, 4) is 0 Å². The second-order valence-electron chi connectivity index (χ2n) is 4.97. The molecule has 0 atom stereocenters. The maximum atomic E-state index is 13.0. The molecule has 2 aromatic rings. The van der Waals surface area contributed by atoms with Gasteiger partial charge in [-0.05, 0) is 41.5 Å². The number of hydrogen-bond acceptors (Lipinski definition) is 2. The number of hydrogen-bond donors (Lipinski definition) is 0. The van der Waals surface area contributed by atoms with Gasteiger partial charge >= 0.3 is 6.18 Å². The van der Waals surface area contributed by atoms with Gasteiger partial charge in [0.2, 0.25) is 0 Å². The Labute approximate surface area is 135 Å². The highest BCUT2D eigenvalue weighted by atomic mass is 32.2. The summed E-state index contributed by atoms with van der Waals surface area (Å²) in [6.45, 7) is 0. The summed E-state index contributed by atoms with van der Waals surface area (Å²) in [5, 5.41) is 0.624. The lowest BCUT2D eigenvalue weighted by Gasteiger charge is -2.10. The Balaban J connectivity index is 2.28. The molecule has 0 saturated carbocycles. The van der Waals surface area contributed by atoms with E-state index in [1.807, 2.05) is 0 Å². The van der Waals surface area contributed by atoms with Crippen LogP contribution in [0.25, 0.3) is 6.08 Å². The van der Waals surface area contributed by atoms with Crippen molar-refractivity contribution in [2.45, 2.75) is 11.9 Å². The maximum Gasteiger partial charge on any atom is 0.417 e. The highest BCUT2D eigenvalue weighted by Crippen LogP contribution is 2.33. The minimum Gasteiger partial charge on any atom is -0.224 e. The van der Waals surface area contributed by atoms with Crippen molar-refractivity contribution in [2.24, 2.45) is 0 Å². The normalized spacial score (nSPS) is 12.7. The van der Waals surface area contributed by atoms with Crippen LogP contribution in [0.15, 0.2) is 47.9 Å². The lowest BCUT2D eigenvalue weighted by molar-refractivity contribution is -0.137. The molecule has 0 aliphatic rings. The summed E-state index contributed by atoms with van der Waals surface area (Å²) in [6, 6.07) is 6.64. The number of alkyl halides is 3. The first kappa shape index (κ1) is 18.1. The fourth-order valence-electron chi connectivity index (χ4n) is 1.96. The average Bonchev–Trinajstić information content (AvgIpc) is 2.47. The van der Waals surface area contributed by atoms with Crippen molar-refractivity contribution in [3.05, 3.63) is 76.2 Å². The molecule has 0 aliphatic heterocycles. The molecular weight excluding hydrogens is 351 g/mol. The molecule has 0 heterocycles. The molecule has 0 aromatic heterocycles. The third kappa shape index (κ3) is 4.89. The Morgan fingerprint density at radius 1 is 0.917 bits per heavy atom. The molecule has 0 N–H and O–H groups in total. The molecule has 2 rings (SSSR count). The van der Waals surface area contributed by atoms with Gasteiger partial charge in [0.15, 0.2) is 9.84 Å². The highest BCUT2D eigenvalue weighted by Gasteiger charge is 2.33. The lowest BCUT2D eigenvalue weighted by atomic mass is 10.1. The quantitative estimate of drug-likeness (QED) is 0.747. The van der Waals surface area contributed by atoms with Gasteiger partial charge < -0.3 is 0 Å². The van der Waals surface area contributed by atoms with Crippen LogP contribution in [0, 0.1) is 11.6 Å². The molecule has 8 heteroatoms. The van der Waals surface area contributed by atoms with E-state index in [4.69, 9.17) is 0 Å². The Hall–Kier alpha value is -2.22. The summed E-state index contributed by atoms with van der Waals surface area (Å²) in [5.74, 6) is -2.10. The number of halogens is 5. The van der Waals surface area contributed by atoms with Gasteiger partial charge in [-0.25, -0.2) is 17.2 Å². The second kappa shape index (κ2) is 6.72. The Bertz CT molecular complexity index is 853. The molecule has 24 heavy (non-hydrogen) atoms. The van der Waals surface area contributed by atoms with Crippen molar-refractivity contribution < 1.29 is 30.4 Å². The molecule has 0 spiro atoms. The van der Waals surface area contributed by atoms with Crippen LogP contribution in [0.5, 0.6) is 0 Å². The Morgan fingerprint density at radius 2 is 1.50 bits per heavy atom. The zero-order valence-electron chi connectivity index (χ0n) is 12.0. The first-order valence-corrected chi connectivity index (χ1v) is 8.30. The van der Waals surface area contributed by atoms with E-state index in [1.54, 1.807) is 0 Å². The minimum absolute atomic E-state index is 0.288. The summed E-state index contributed by atoms with van der Waals surface area (Å²) in [5.41, 5.74) is -1.45. The number of sulfone groups is 1. The summed E-state index contributed by atoms with van der Waals surface area (Å²) in [6.07, 6.45) is -4.05. The van der Waals surface area contributed by atoms with E-state index in [9.17, 15) is 30.4 Å². The van der Waals surface area contributed by atoms with Crippen LogP contribution >= 0.6 is 0 Å². The summed E-state index contributed by atoms with van der Waals surface area (Å²) in [4.78, 5) is 0. The molecule has 0 aliphatic carbocycles. The number of benzene rings is 2. The summed E-state index contributed by atoms with van der Waals surface area (Å²) < 4.78 is 88.2. The van der Waals surface area contributed by atoms with Crippen molar-refractivity contribution in [1.29, 1.82) is 0 Å². The van der Waals surface area contributed by atoms with Crippen molar-refractivity contribution in [2.75, 3.05) is 0 Å². The van der Waals surface area contributed by atoms with E-state index in [2.05, 4.69) is 0 Å². The first-order chi connectivity index (χ1) is 11.1. The average molecular weight is 362 g/mol. The summed E-state index contributed by atoms with van der Waals surface area (Å²) in [7, 11) is -3.88. The van der Waals surface area contributed by atoms with Crippen LogP contribution in [-0.2, 0) is 21.8 Å². The molecule has 0 saturated heterocycles. The van der Waals surface area contributed by atoms with Gasteiger partial charge in [0.1, 0.15) is 11.6 Å². The van der Waals surface area contributed by atoms with E-state index < -0.39 is 44.5 Å². The lowest BCUT2D eigenvalue weighted by Crippen LogP contribution is -2.08.